The summed E-state index contributed by atoms with van der Waals surface area (Å²) in [6.45, 7) is 2.84. The second-order valence-corrected chi connectivity index (χ2v) is 9.63. The van der Waals surface area contributed by atoms with Gasteiger partial charge in [0.05, 0.1) is 6.61 Å². The van der Waals surface area contributed by atoms with Gasteiger partial charge in [-0.15, -0.1) is 0 Å². The molecular formula is C20H19ClOSi. The molecule has 1 nitrogen and oxygen atoms in total. The smallest absolute Gasteiger partial charge is 0.253 e. The van der Waals surface area contributed by atoms with E-state index < -0.39 is 8.32 Å². The quantitative estimate of drug-likeness (QED) is 0.632. The van der Waals surface area contributed by atoms with Crippen molar-refractivity contribution in [3.8, 4) is 0 Å². The van der Waals surface area contributed by atoms with Gasteiger partial charge in [-0.2, -0.15) is 0 Å². The van der Waals surface area contributed by atoms with Crippen LogP contribution in [0.4, 0.5) is 0 Å². The summed E-state index contributed by atoms with van der Waals surface area (Å²) in [5, 5.41) is 3.31. The van der Waals surface area contributed by atoms with Gasteiger partial charge >= 0.3 is 0 Å². The highest BCUT2D eigenvalue weighted by Crippen LogP contribution is 2.14. The zero-order valence-corrected chi connectivity index (χ0v) is 14.8. The second kappa shape index (κ2) is 7.13. The summed E-state index contributed by atoms with van der Waals surface area (Å²) in [6.07, 6.45) is 0. The standard InChI is InChI=1S/C20H19ClOSi/c1-23(19-8-4-2-5-9-19,20-10-6-3-7-11-20)22-16-17-12-14-18(21)15-13-17/h2-15H,16H2,1H3. The van der Waals surface area contributed by atoms with Crippen molar-refractivity contribution in [1.82, 2.24) is 0 Å². The summed E-state index contributed by atoms with van der Waals surface area (Å²) in [6, 6.07) is 28.9. The van der Waals surface area contributed by atoms with E-state index in [0.29, 0.717) is 6.61 Å². The minimum atomic E-state index is -2.23. The van der Waals surface area contributed by atoms with Gasteiger partial charge in [-0.3, -0.25) is 0 Å². The molecule has 0 radical (unpaired) electrons. The molecule has 0 amide bonds. The van der Waals surface area contributed by atoms with E-state index in [0.717, 1.165) is 10.6 Å². The summed E-state index contributed by atoms with van der Waals surface area (Å²) in [7, 11) is -2.23. The van der Waals surface area contributed by atoms with Gasteiger partial charge in [-0.25, -0.2) is 0 Å². The Morgan fingerprint density at radius 3 is 1.70 bits per heavy atom. The Labute approximate surface area is 143 Å². The maximum absolute atomic E-state index is 6.52. The molecule has 0 fully saturated rings. The summed E-state index contributed by atoms with van der Waals surface area (Å²) >= 11 is 5.96. The number of benzene rings is 3. The number of hydrogen-bond acceptors (Lipinski definition) is 1. The molecule has 0 N–H and O–H groups in total. The zero-order chi connectivity index (χ0) is 16.1. The van der Waals surface area contributed by atoms with Gasteiger partial charge in [-0.05, 0) is 34.6 Å². The van der Waals surface area contributed by atoms with Gasteiger partial charge in [0, 0.05) is 5.02 Å². The lowest BCUT2D eigenvalue weighted by Crippen LogP contribution is -2.58. The van der Waals surface area contributed by atoms with Crippen molar-refractivity contribution in [3.05, 3.63) is 95.5 Å². The van der Waals surface area contributed by atoms with E-state index in [1.165, 1.54) is 10.4 Å². The van der Waals surface area contributed by atoms with E-state index in [9.17, 15) is 0 Å². The first-order valence-electron chi connectivity index (χ1n) is 7.68. The molecule has 0 bridgehead atoms. The first-order chi connectivity index (χ1) is 11.2. The molecule has 3 rings (SSSR count). The molecule has 0 aliphatic rings. The van der Waals surface area contributed by atoms with Crippen LogP contribution in [-0.2, 0) is 11.0 Å². The van der Waals surface area contributed by atoms with E-state index in [2.05, 4.69) is 55.1 Å². The van der Waals surface area contributed by atoms with E-state index in [4.69, 9.17) is 16.0 Å². The highest BCUT2D eigenvalue weighted by atomic mass is 35.5. The fourth-order valence-electron chi connectivity index (χ4n) is 2.65. The number of rotatable bonds is 5. The van der Waals surface area contributed by atoms with Gasteiger partial charge in [0.25, 0.3) is 8.32 Å². The molecule has 0 aliphatic heterocycles. The Bertz CT molecular complexity index is 702. The Balaban J connectivity index is 1.91. The van der Waals surface area contributed by atoms with Crippen LogP contribution >= 0.6 is 11.6 Å². The van der Waals surface area contributed by atoms with E-state index in [-0.39, 0.29) is 0 Å². The lowest BCUT2D eigenvalue weighted by Gasteiger charge is -2.28. The molecule has 23 heavy (non-hydrogen) atoms. The van der Waals surface area contributed by atoms with Crippen LogP contribution in [0.15, 0.2) is 84.9 Å². The lowest BCUT2D eigenvalue weighted by atomic mass is 10.2. The van der Waals surface area contributed by atoms with Gasteiger partial charge < -0.3 is 4.43 Å². The molecule has 116 valence electrons. The monoisotopic (exact) mass is 338 g/mol. The van der Waals surface area contributed by atoms with Crippen molar-refractivity contribution in [2.45, 2.75) is 13.2 Å². The maximum atomic E-state index is 6.52. The van der Waals surface area contributed by atoms with Gasteiger partial charge in [0.1, 0.15) is 0 Å². The van der Waals surface area contributed by atoms with Crippen molar-refractivity contribution in [2.75, 3.05) is 0 Å². The average molecular weight is 339 g/mol. The predicted molar refractivity (Wildman–Crippen MR) is 100 cm³/mol. The van der Waals surface area contributed by atoms with Crippen molar-refractivity contribution in [1.29, 1.82) is 0 Å². The number of hydrogen-bond donors (Lipinski definition) is 0. The van der Waals surface area contributed by atoms with Crippen LogP contribution in [0.25, 0.3) is 0 Å². The molecule has 0 atom stereocenters. The Morgan fingerprint density at radius 1 is 0.739 bits per heavy atom. The fraction of sp³-hybridized carbons (Fsp3) is 0.100. The summed E-state index contributed by atoms with van der Waals surface area (Å²) in [5.74, 6) is 0. The SMILES string of the molecule is C[Si](OCc1ccc(Cl)cc1)(c1ccccc1)c1ccccc1. The van der Waals surface area contributed by atoms with Crippen LogP contribution < -0.4 is 10.4 Å². The number of halogens is 1. The third-order valence-corrected chi connectivity index (χ3v) is 7.93. The lowest BCUT2D eigenvalue weighted by molar-refractivity contribution is 0.308. The molecule has 0 aliphatic carbocycles. The molecule has 3 aromatic rings. The van der Waals surface area contributed by atoms with Gasteiger partial charge in [0.2, 0.25) is 0 Å². The largest absolute Gasteiger partial charge is 0.404 e. The molecule has 0 spiro atoms. The van der Waals surface area contributed by atoms with Crippen LogP contribution in [0, 0.1) is 0 Å². The van der Waals surface area contributed by atoms with Crippen LogP contribution in [0.1, 0.15) is 5.56 Å². The van der Waals surface area contributed by atoms with Gasteiger partial charge in [-0.1, -0.05) is 84.4 Å². The van der Waals surface area contributed by atoms with Crippen LogP contribution in [-0.4, -0.2) is 8.32 Å². The Morgan fingerprint density at radius 2 is 1.22 bits per heavy atom. The molecule has 0 aromatic heterocycles. The average Bonchev–Trinajstić information content (AvgIpc) is 2.62. The first-order valence-corrected chi connectivity index (χ1v) is 10.5. The second-order valence-electron chi connectivity index (χ2n) is 5.68. The van der Waals surface area contributed by atoms with Crippen molar-refractivity contribution >= 4 is 30.3 Å². The minimum absolute atomic E-state index is 0.587. The molecule has 3 aromatic carbocycles. The molecular weight excluding hydrogens is 320 g/mol. The molecule has 0 unspecified atom stereocenters. The highest BCUT2D eigenvalue weighted by Gasteiger charge is 2.33. The van der Waals surface area contributed by atoms with Crippen molar-refractivity contribution < 1.29 is 4.43 Å². The Kier molecular flexibility index (Phi) is 4.96. The van der Waals surface area contributed by atoms with Crippen LogP contribution in [0.3, 0.4) is 0 Å². The molecule has 3 heteroatoms. The maximum Gasteiger partial charge on any atom is 0.253 e. The molecule has 0 heterocycles. The highest BCUT2D eigenvalue weighted by molar-refractivity contribution is 6.96. The summed E-state index contributed by atoms with van der Waals surface area (Å²) in [5.41, 5.74) is 1.14. The molecule has 0 saturated heterocycles. The van der Waals surface area contributed by atoms with E-state index in [1.54, 1.807) is 0 Å². The van der Waals surface area contributed by atoms with E-state index >= 15 is 0 Å². The normalized spacial score (nSPS) is 11.4. The topological polar surface area (TPSA) is 9.23 Å². The minimum Gasteiger partial charge on any atom is -0.404 e. The Hall–Kier alpha value is -1.87. The predicted octanol–water partition coefficient (Wildman–Crippen LogP) is 4.25. The summed E-state index contributed by atoms with van der Waals surface area (Å²) in [4.78, 5) is 0. The third kappa shape index (κ3) is 3.73. The van der Waals surface area contributed by atoms with Crippen molar-refractivity contribution in [3.63, 3.8) is 0 Å². The summed E-state index contributed by atoms with van der Waals surface area (Å²) < 4.78 is 6.52. The fourth-order valence-corrected chi connectivity index (χ4v) is 5.56. The van der Waals surface area contributed by atoms with Gasteiger partial charge in [0.15, 0.2) is 0 Å². The van der Waals surface area contributed by atoms with Crippen LogP contribution in [0.5, 0.6) is 0 Å². The van der Waals surface area contributed by atoms with Crippen molar-refractivity contribution in [2.24, 2.45) is 0 Å². The first kappa shape index (κ1) is 16.0. The molecule has 0 saturated carbocycles. The third-order valence-electron chi connectivity index (χ3n) is 4.09. The van der Waals surface area contributed by atoms with E-state index in [1.807, 2.05) is 36.4 Å². The zero-order valence-electron chi connectivity index (χ0n) is 13.1. The van der Waals surface area contributed by atoms with Crippen LogP contribution in [0.2, 0.25) is 11.6 Å².